The molecule has 0 fully saturated rings. The topological polar surface area (TPSA) is 89.7 Å². The van der Waals surface area contributed by atoms with Gasteiger partial charge in [-0.2, -0.15) is 10.2 Å². The van der Waals surface area contributed by atoms with Gasteiger partial charge >= 0.3 is 5.97 Å². The molecule has 0 saturated heterocycles. The number of ether oxygens (including phenoxy) is 3. The van der Waals surface area contributed by atoms with Gasteiger partial charge in [0.05, 0.1) is 31.2 Å². The molecule has 0 aliphatic rings. The lowest BCUT2D eigenvalue weighted by molar-refractivity contribution is -0.137. The fourth-order valence-electron chi connectivity index (χ4n) is 4.13. The van der Waals surface area contributed by atoms with E-state index >= 15 is 0 Å². The van der Waals surface area contributed by atoms with Crippen LogP contribution in [0.3, 0.4) is 0 Å². The number of benzene rings is 2. The quantitative estimate of drug-likeness (QED) is 0.0607. The summed E-state index contributed by atoms with van der Waals surface area (Å²) in [6, 6.07) is 15.4. The molecule has 0 atom stereocenters. The second-order valence-electron chi connectivity index (χ2n) is 9.93. The number of hydrogen-bond acceptors (Lipinski definition) is 7. The Bertz CT molecular complexity index is 944. The smallest absolute Gasteiger partial charge is 0.330 e. The molecule has 0 saturated carbocycles. The minimum atomic E-state index is -0.342. The molecule has 0 bridgehead atoms. The first kappa shape index (κ1) is 33.0. The van der Waals surface area contributed by atoms with Crippen molar-refractivity contribution in [3.8, 4) is 11.5 Å². The van der Waals surface area contributed by atoms with Crippen molar-refractivity contribution in [2.24, 2.45) is 10.2 Å². The minimum Gasteiger partial charge on any atom is -0.494 e. The molecule has 0 aromatic heterocycles. The van der Waals surface area contributed by atoms with E-state index in [0.717, 1.165) is 80.8 Å². The molecule has 7 heteroatoms. The highest BCUT2D eigenvalue weighted by Crippen LogP contribution is 2.23. The molecule has 0 unspecified atom stereocenters. The molecule has 0 aliphatic carbocycles. The average molecular weight is 553 g/mol. The second-order valence-corrected chi connectivity index (χ2v) is 9.93. The van der Waals surface area contributed by atoms with Crippen molar-refractivity contribution in [3.05, 3.63) is 61.2 Å². The maximum Gasteiger partial charge on any atom is 0.330 e. The van der Waals surface area contributed by atoms with Crippen LogP contribution >= 0.6 is 0 Å². The number of rotatable bonds is 24. The maximum atomic E-state index is 11.0. The van der Waals surface area contributed by atoms with Gasteiger partial charge in [0, 0.05) is 12.7 Å². The van der Waals surface area contributed by atoms with Crippen molar-refractivity contribution >= 4 is 17.3 Å². The van der Waals surface area contributed by atoms with Gasteiger partial charge in [-0.15, -0.1) is 0 Å². The van der Waals surface area contributed by atoms with E-state index in [0.29, 0.717) is 19.8 Å². The van der Waals surface area contributed by atoms with Crippen molar-refractivity contribution in [1.29, 1.82) is 0 Å². The highest BCUT2D eigenvalue weighted by Gasteiger charge is 1.99. The molecule has 0 spiro atoms. The Labute approximate surface area is 240 Å². The van der Waals surface area contributed by atoms with Crippen molar-refractivity contribution in [2.45, 2.75) is 89.9 Å². The Morgan fingerprint density at radius 2 is 0.975 bits per heavy atom. The molecule has 2 rings (SSSR count). The zero-order valence-electron chi connectivity index (χ0n) is 24.1. The summed E-state index contributed by atoms with van der Waals surface area (Å²) in [5, 5.41) is 17.4. The summed E-state index contributed by atoms with van der Waals surface area (Å²) < 4.78 is 16.7. The predicted octanol–water partition coefficient (Wildman–Crippen LogP) is 9.04. The van der Waals surface area contributed by atoms with E-state index in [1.54, 1.807) is 0 Å². The first-order chi connectivity index (χ1) is 19.7. The van der Waals surface area contributed by atoms with E-state index < -0.39 is 0 Å². The Morgan fingerprint density at radius 1 is 0.600 bits per heavy atom. The van der Waals surface area contributed by atoms with Crippen LogP contribution in [0.2, 0.25) is 0 Å². The summed E-state index contributed by atoms with van der Waals surface area (Å²) in [5.74, 6) is 1.36. The third kappa shape index (κ3) is 16.7. The highest BCUT2D eigenvalue weighted by molar-refractivity contribution is 5.81. The molecule has 40 heavy (non-hydrogen) atoms. The van der Waals surface area contributed by atoms with E-state index in [1.165, 1.54) is 44.6 Å². The number of carbonyl (C=O) groups excluding carboxylic acids is 1. The molecular formula is C33H48N2O5. The first-order valence-electron chi connectivity index (χ1n) is 15.0. The summed E-state index contributed by atoms with van der Waals surface area (Å²) in [4.78, 5) is 11.0. The normalized spacial score (nSPS) is 11.0. The lowest BCUT2D eigenvalue weighted by atomic mass is 10.1. The summed E-state index contributed by atoms with van der Waals surface area (Å²) in [7, 11) is 0. The van der Waals surface area contributed by atoms with Gasteiger partial charge in [0.15, 0.2) is 0 Å². The second kappa shape index (κ2) is 22.6. The number of aliphatic hydroxyl groups excluding tert-OH is 1. The summed E-state index contributed by atoms with van der Waals surface area (Å²) in [6.07, 6.45) is 16.9. The van der Waals surface area contributed by atoms with Gasteiger partial charge in [0.1, 0.15) is 11.5 Å². The van der Waals surface area contributed by atoms with Crippen LogP contribution < -0.4 is 9.47 Å². The molecule has 0 aliphatic heterocycles. The number of unbranched alkanes of at least 4 members (excludes halogenated alkanes) is 12. The van der Waals surface area contributed by atoms with E-state index in [9.17, 15) is 4.79 Å². The highest BCUT2D eigenvalue weighted by atomic mass is 16.5. The Morgan fingerprint density at radius 3 is 1.38 bits per heavy atom. The molecule has 7 nitrogen and oxygen atoms in total. The number of nitrogens with zero attached hydrogens (tertiary/aromatic N) is 2. The summed E-state index contributed by atoms with van der Waals surface area (Å²) in [6.45, 7) is 5.61. The molecule has 0 radical (unpaired) electrons. The molecule has 220 valence electrons. The van der Waals surface area contributed by atoms with E-state index in [1.807, 2.05) is 48.5 Å². The van der Waals surface area contributed by atoms with Gasteiger partial charge < -0.3 is 19.3 Å². The zero-order valence-corrected chi connectivity index (χ0v) is 24.1. The Hall–Kier alpha value is -3.19. The summed E-state index contributed by atoms with van der Waals surface area (Å²) in [5.41, 5.74) is 1.56. The van der Waals surface area contributed by atoms with Crippen molar-refractivity contribution in [1.82, 2.24) is 0 Å². The standard InChI is InChI=1S/C33H48N2O5/c1-2-33(37)40-28-16-12-8-4-7-11-15-27-39-32-23-19-30(20-24-32)35-34-29-17-21-31(22-18-29)38-26-14-10-6-3-5-9-13-25-36/h2,17-24,36H,1,3-16,25-28H2. The van der Waals surface area contributed by atoms with Gasteiger partial charge in [0.25, 0.3) is 0 Å². The van der Waals surface area contributed by atoms with Crippen molar-refractivity contribution in [2.75, 3.05) is 26.4 Å². The molecule has 2 aromatic carbocycles. The van der Waals surface area contributed by atoms with Gasteiger partial charge in [-0.05, 0) is 74.2 Å². The van der Waals surface area contributed by atoms with Gasteiger partial charge in [0.2, 0.25) is 0 Å². The first-order valence-corrected chi connectivity index (χ1v) is 15.0. The van der Waals surface area contributed by atoms with Crippen LogP contribution in [0, 0.1) is 0 Å². The van der Waals surface area contributed by atoms with Crippen LogP contribution in [-0.4, -0.2) is 37.5 Å². The molecule has 1 N–H and O–H groups in total. The number of aliphatic hydroxyl groups is 1. The largest absolute Gasteiger partial charge is 0.494 e. The zero-order chi connectivity index (χ0) is 28.5. The third-order valence-corrected chi connectivity index (χ3v) is 6.49. The SMILES string of the molecule is C=CC(=O)OCCCCCCCCCOc1ccc(N=Nc2ccc(OCCCCCCCCCO)cc2)cc1. The average Bonchev–Trinajstić information content (AvgIpc) is 2.99. The lowest BCUT2D eigenvalue weighted by Crippen LogP contribution is -2.01. The number of azo groups is 1. The van der Waals surface area contributed by atoms with Gasteiger partial charge in [-0.1, -0.05) is 70.8 Å². The van der Waals surface area contributed by atoms with Crippen LogP contribution in [0.15, 0.2) is 71.4 Å². The van der Waals surface area contributed by atoms with Crippen LogP contribution in [0.4, 0.5) is 11.4 Å². The molecule has 0 amide bonds. The van der Waals surface area contributed by atoms with Crippen LogP contribution in [-0.2, 0) is 9.53 Å². The monoisotopic (exact) mass is 552 g/mol. The molecule has 2 aromatic rings. The minimum absolute atomic E-state index is 0.307. The van der Waals surface area contributed by atoms with Crippen LogP contribution in [0.25, 0.3) is 0 Å². The van der Waals surface area contributed by atoms with Crippen LogP contribution in [0.5, 0.6) is 11.5 Å². The maximum absolute atomic E-state index is 11.0. The Kier molecular flexibility index (Phi) is 18.7. The fourth-order valence-corrected chi connectivity index (χ4v) is 4.13. The van der Waals surface area contributed by atoms with Gasteiger partial charge in [-0.25, -0.2) is 4.79 Å². The van der Waals surface area contributed by atoms with E-state index in [2.05, 4.69) is 16.8 Å². The molecule has 0 heterocycles. The fraction of sp³-hybridized carbons (Fsp3) is 0.545. The number of esters is 1. The Balaban J connectivity index is 1.51. The summed E-state index contributed by atoms with van der Waals surface area (Å²) >= 11 is 0. The van der Waals surface area contributed by atoms with E-state index in [-0.39, 0.29) is 5.97 Å². The predicted molar refractivity (Wildman–Crippen MR) is 161 cm³/mol. The van der Waals surface area contributed by atoms with Crippen molar-refractivity contribution < 1.29 is 24.1 Å². The van der Waals surface area contributed by atoms with E-state index in [4.69, 9.17) is 19.3 Å². The lowest BCUT2D eigenvalue weighted by Gasteiger charge is -2.07. The third-order valence-electron chi connectivity index (χ3n) is 6.49. The number of hydrogen-bond donors (Lipinski definition) is 1. The van der Waals surface area contributed by atoms with Crippen molar-refractivity contribution in [3.63, 3.8) is 0 Å². The van der Waals surface area contributed by atoms with Gasteiger partial charge in [-0.3, -0.25) is 0 Å². The number of carbonyl (C=O) groups is 1. The molecular weight excluding hydrogens is 504 g/mol. The van der Waals surface area contributed by atoms with Crippen LogP contribution in [0.1, 0.15) is 89.9 Å².